The molecule has 0 saturated heterocycles. The molecule has 10 heteroatoms. The highest BCUT2D eigenvalue weighted by Gasteiger charge is 2.22. The molecule has 0 spiro atoms. The molecule has 0 unspecified atom stereocenters. The van der Waals surface area contributed by atoms with Gasteiger partial charge in [0.05, 0.1) is 22.2 Å². The van der Waals surface area contributed by atoms with E-state index in [1.165, 1.54) is 20.1 Å². The van der Waals surface area contributed by atoms with Crippen molar-refractivity contribution < 1.29 is 28.5 Å². The zero-order valence-corrected chi connectivity index (χ0v) is 17.0. The number of ether oxygens (including phenoxy) is 3. The zero-order chi connectivity index (χ0) is 20.0. The molecule has 0 fully saturated rings. The van der Waals surface area contributed by atoms with Crippen LogP contribution in [0.5, 0.6) is 11.5 Å². The number of carbonyl (C=O) groups excluding carboxylic acids is 1. The highest BCUT2D eigenvalue weighted by molar-refractivity contribution is 14.1. The number of halogens is 1. The number of benzene rings is 1. The van der Waals surface area contributed by atoms with Gasteiger partial charge in [0.25, 0.3) is 0 Å². The highest BCUT2D eigenvalue weighted by Crippen LogP contribution is 2.35. The summed E-state index contributed by atoms with van der Waals surface area (Å²) in [6, 6.07) is 3.45. The van der Waals surface area contributed by atoms with Crippen molar-refractivity contribution in [2.45, 2.75) is 13.8 Å². The van der Waals surface area contributed by atoms with E-state index in [9.17, 15) is 14.9 Å². The molecular formula is C17H17IN2O7. The standard InChI is InChI=1S/C17H17IN2O7/c1-4-25-15(21)9-26-17-12(18)7-11(8-14(17)24-3)5-6-13-16(20(22)23)10(2)19-27-13/h5-8H,4,9H2,1-3H3/b6-5-. The Hall–Kier alpha value is -2.63. The first-order valence-corrected chi connectivity index (χ1v) is 8.89. The summed E-state index contributed by atoms with van der Waals surface area (Å²) in [5, 5.41) is 14.7. The molecule has 0 radical (unpaired) electrons. The van der Waals surface area contributed by atoms with E-state index >= 15 is 0 Å². The minimum absolute atomic E-state index is 0.0501. The van der Waals surface area contributed by atoms with Gasteiger partial charge in [-0.1, -0.05) is 11.2 Å². The van der Waals surface area contributed by atoms with Crippen LogP contribution in [-0.2, 0) is 9.53 Å². The Morgan fingerprint density at radius 1 is 1.41 bits per heavy atom. The number of rotatable bonds is 8. The summed E-state index contributed by atoms with van der Waals surface area (Å²) in [6.07, 6.45) is 3.09. The van der Waals surface area contributed by atoms with Crippen LogP contribution in [0.4, 0.5) is 5.69 Å². The second-order valence-corrected chi connectivity index (χ2v) is 6.36. The van der Waals surface area contributed by atoms with Gasteiger partial charge in [-0.25, -0.2) is 4.79 Å². The van der Waals surface area contributed by atoms with Gasteiger partial charge in [-0.2, -0.15) is 0 Å². The molecule has 0 bridgehead atoms. The van der Waals surface area contributed by atoms with Crippen molar-refractivity contribution in [1.29, 1.82) is 0 Å². The van der Waals surface area contributed by atoms with Crippen LogP contribution in [0, 0.1) is 20.6 Å². The lowest BCUT2D eigenvalue weighted by molar-refractivity contribution is -0.386. The molecule has 144 valence electrons. The second-order valence-electron chi connectivity index (χ2n) is 5.20. The zero-order valence-electron chi connectivity index (χ0n) is 14.9. The third kappa shape index (κ3) is 5.18. The van der Waals surface area contributed by atoms with E-state index in [1.807, 2.05) is 22.6 Å². The molecule has 27 heavy (non-hydrogen) atoms. The van der Waals surface area contributed by atoms with Gasteiger partial charge < -0.3 is 18.7 Å². The number of carbonyl (C=O) groups is 1. The SMILES string of the molecule is CCOC(=O)COc1c(I)cc(/C=C\c2onc(C)c2[N+](=O)[O-])cc1OC. The minimum atomic E-state index is -0.540. The number of nitro groups is 1. The van der Waals surface area contributed by atoms with E-state index in [0.717, 1.165) is 0 Å². The number of nitrogens with zero attached hydrogens (tertiary/aromatic N) is 2. The van der Waals surface area contributed by atoms with E-state index in [4.69, 9.17) is 18.7 Å². The molecule has 2 rings (SSSR count). The lowest BCUT2D eigenvalue weighted by Gasteiger charge is -2.13. The number of aryl methyl sites for hydroxylation is 1. The van der Waals surface area contributed by atoms with Crippen molar-refractivity contribution in [2.75, 3.05) is 20.3 Å². The van der Waals surface area contributed by atoms with E-state index in [1.54, 1.807) is 25.1 Å². The first-order chi connectivity index (χ1) is 12.9. The fourth-order valence-electron chi connectivity index (χ4n) is 2.20. The summed E-state index contributed by atoms with van der Waals surface area (Å²) in [7, 11) is 1.47. The number of aromatic nitrogens is 1. The molecule has 2 aromatic rings. The van der Waals surface area contributed by atoms with Crippen LogP contribution in [0.25, 0.3) is 12.2 Å². The number of methoxy groups -OCH3 is 1. The topological polar surface area (TPSA) is 114 Å². The van der Waals surface area contributed by atoms with Crippen LogP contribution in [-0.4, -0.2) is 36.4 Å². The van der Waals surface area contributed by atoms with Crippen molar-refractivity contribution in [2.24, 2.45) is 0 Å². The van der Waals surface area contributed by atoms with Crippen LogP contribution >= 0.6 is 22.6 Å². The Balaban J connectivity index is 2.26. The summed E-state index contributed by atoms with van der Waals surface area (Å²) in [5.41, 5.74) is 0.722. The molecule has 0 aliphatic carbocycles. The molecule has 9 nitrogen and oxygen atoms in total. The van der Waals surface area contributed by atoms with Gasteiger partial charge in [0.2, 0.25) is 5.76 Å². The molecule has 1 heterocycles. The molecule has 1 aromatic heterocycles. The Morgan fingerprint density at radius 3 is 2.78 bits per heavy atom. The summed E-state index contributed by atoms with van der Waals surface area (Å²) in [6.45, 7) is 3.25. The maximum atomic E-state index is 11.5. The van der Waals surface area contributed by atoms with Crippen molar-refractivity contribution >= 4 is 46.4 Å². The summed E-state index contributed by atoms with van der Waals surface area (Å²) in [4.78, 5) is 22.0. The Bertz CT molecular complexity index is 876. The van der Waals surface area contributed by atoms with Crippen LogP contribution in [0.3, 0.4) is 0 Å². The monoisotopic (exact) mass is 488 g/mol. The quantitative estimate of drug-likeness (QED) is 0.240. The Kier molecular flexibility index (Phi) is 7.16. The Morgan fingerprint density at radius 2 is 2.15 bits per heavy atom. The number of hydrogen-bond acceptors (Lipinski definition) is 8. The second kappa shape index (κ2) is 9.35. The minimum Gasteiger partial charge on any atom is -0.493 e. The number of hydrogen-bond donors (Lipinski definition) is 0. The van der Waals surface area contributed by atoms with Crippen LogP contribution in [0.1, 0.15) is 23.9 Å². The molecular weight excluding hydrogens is 471 g/mol. The van der Waals surface area contributed by atoms with Gasteiger partial charge in [0.15, 0.2) is 23.8 Å². The summed E-state index contributed by atoms with van der Waals surface area (Å²) in [5.74, 6) is 0.389. The first-order valence-electron chi connectivity index (χ1n) is 7.82. The lowest BCUT2D eigenvalue weighted by Crippen LogP contribution is -2.15. The highest BCUT2D eigenvalue weighted by atomic mass is 127. The first kappa shape index (κ1) is 20.7. The van der Waals surface area contributed by atoms with E-state index < -0.39 is 10.9 Å². The van der Waals surface area contributed by atoms with Gasteiger partial charge in [0, 0.05) is 0 Å². The van der Waals surface area contributed by atoms with Gasteiger partial charge in [-0.3, -0.25) is 10.1 Å². The molecule has 0 aliphatic heterocycles. The third-order valence-corrected chi connectivity index (χ3v) is 4.16. The van der Waals surface area contributed by atoms with Crippen molar-refractivity contribution in [3.63, 3.8) is 0 Å². The van der Waals surface area contributed by atoms with E-state index in [2.05, 4.69) is 5.16 Å². The van der Waals surface area contributed by atoms with Crippen LogP contribution in [0.2, 0.25) is 0 Å². The van der Waals surface area contributed by atoms with Gasteiger partial charge >= 0.3 is 11.7 Å². The number of esters is 1. The Labute approximate surface area is 168 Å². The molecule has 0 saturated carbocycles. The van der Waals surface area contributed by atoms with Crippen LogP contribution in [0.15, 0.2) is 16.7 Å². The third-order valence-electron chi connectivity index (χ3n) is 3.36. The lowest BCUT2D eigenvalue weighted by atomic mass is 10.1. The molecule has 1 aromatic carbocycles. The van der Waals surface area contributed by atoms with Crippen molar-refractivity contribution in [1.82, 2.24) is 5.16 Å². The largest absolute Gasteiger partial charge is 0.493 e. The van der Waals surface area contributed by atoms with Gasteiger partial charge in [0.1, 0.15) is 0 Å². The van der Waals surface area contributed by atoms with Gasteiger partial charge in [-0.05, 0) is 60.2 Å². The average molecular weight is 488 g/mol. The molecule has 0 amide bonds. The normalized spacial score (nSPS) is 10.8. The van der Waals surface area contributed by atoms with E-state index in [-0.39, 0.29) is 30.4 Å². The molecule has 0 N–H and O–H groups in total. The summed E-state index contributed by atoms with van der Waals surface area (Å²) >= 11 is 2.04. The fourth-order valence-corrected chi connectivity index (χ4v) is 2.98. The predicted octanol–water partition coefficient (Wildman–Crippen LogP) is 3.62. The maximum absolute atomic E-state index is 11.5. The molecule has 0 aliphatic rings. The predicted molar refractivity (Wildman–Crippen MR) is 105 cm³/mol. The molecule has 0 atom stereocenters. The fraction of sp³-hybridized carbons (Fsp3) is 0.294. The smallest absolute Gasteiger partial charge is 0.344 e. The van der Waals surface area contributed by atoms with Crippen molar-refractivity contribution in [3.8, 4) is 11.5 Å². The maximum Gasteiger partial charge on any atom is 0.344 e. The van der Waals surface area contributed by atoms with Crippen molar-refractivity contribution in [3.05, 3.63) is 42.8 Å². The van der Waals surface area contributed by atoms with E-state index in [0.29, 0.717) is 20.6 Å². The average Bonchev–Trinajstić information content (AvgIpc) is 2.99. The van der Waals surface area contributed by atoms with Crippen LogP contribution < -0.4 is 9.47 Å². The van der Waals surface area contributed by atoms with Gasteiger partial charge in [-0.15, -0.1) is 0 Å². The summed E-state index contributed by atoms with van der Waals surface area (Å²) < 4.78 is 21.3.